The zero-order valence-corrected chi connectivity index (χ0v) is 12.1. The van der Waals surface area contributed by atoms with Gasteiger partial charge in [0.25, 0.3) is 0 Å². The third-order valence-corrected chi connectivity index (χ3v) is 2.69. The Hall–Kier alpha value is -2.87. The number of hydrogen-bond donors (Lipinski definition) is 0. The summed E-state index contributed by atoms with van der Waals surface area (Å²) >= 11 is 0. The molecule has 3 nitrogen and oxygen atoms in total. The normalized spacial score (nSPS) is 9.05. The maximum Gasteiger partial charge on any atom is 0.156 e. The average Bonchev–Trinajstić information content (AvgIpc) is 2.54. The number of ether oxygens (including phenoxy) is 2. The van der Waals surface area contributed by atoms with E-state index in [1.165, 1.54) is 38.5 Å². The standard InChI is InChI=1S/C9H7FO.C8H7FO2/c1-3-7-8(10)5-4-6-9(7)11-2;1-11-8-4-2-3-7(9)6(8)5-10/h1,4-6H,2H3;2-5H,1H3. The molecule has 2 aromatic rings. The second kappa shape index (κ2) is 8.42. The van der Waals surface area contributed by atoms with Crippen LogP contribution in [0, 0.1) is 24.0 Å². The van der Waals surface area contributed by atoms with Crippen molar-refractivity contribution in [3.8, 4) is 23.8 Å². The summed E-state index contributed by atoms with van der Waals surface area (Å²) in [6, 6.07) is 8.71. The van der Waals surface area contributed by atoms with E-state index in [1.54, 1.807) is 12.1 Å². The molecule has 0 amide bonds. The fourth-order valence-corrected chi connectivity index (χ4v) is 1.62. The number of benzene rings is 2. The molecule has 0 unspecified atom stereocenters. The van der Waals surface area contributed by atoms with Gasteiger partial charge in [0.1, 0.15) is 28.7 Å². The summed E-state index contributed by atoms with van der Waals surface area (Å²) in [5, 5.41) is 0. The molecule has 22 heavy (non-hydrogen) atoms. The van der Waals surface area contributed by atoms with E-state index in [0.29, 0.717) is 12.0 Å². The summed E-state index contributed by atoms with van der Waals surface area (Å²) in [7, 11) is 2.84. The van der Waals surface area contributed by atoms with Crippen molar-refractivity contribution in [2.24, 2.45) is 0 Å². The van der Waals surface area contributed by atoms with Crippen LogP contribution >= 0.6 is 0 Å². The molecule has 0 aromatic heterocycles. The minimum Gasteiger partial charge on any atom is -0.496 e. The van der Waals surface area contributed by atoms with Crippen LogP contribution < -0.4 is 9.47 Å². The van der Waals surface area contributed by atoms with Crippen LogP contribution in [0.25, 0.3) is 0 Å². The predicted molar refractivity (Wildman–Crippen MR) is 79.2 cm³/mol. The minimum atomic E-state index is -0.556. The first-order valence-electron chi connectivity index (χ1n) is 6.15. The molecular formula is C17H14F2O3. The van der Waals surface area contributed by atoms with E-state index < -0.39 is 11.6 Å². The highest BCUT2D eigenvalue weighted by Crippen LogP contribution is 2.19. The van der Waals surface area contributed by atoms with E-state index in [1.807, 2.05) is 0 Å². The Morgan fingerprint density at radius 1 is 1.00 bits per heavy atom. The van der Waals surface area contributed by atoms with Crippen molar-refractivity contribution < 1.29 is 23.0 Å². The van der Waals surface area contributed by atoms with Crippen LogP contribution in [-0.4, -0.2) is 20.5 Å². The van der Waals surface area contributed by atoms with Gasteiger partial charge < -0.3 is 9.47 Å². The SMILES string of the molecule is C#Cc1c(F)cccc1OC.COc1cccc(F)c1C=O. The zero-order chi connectivity index (χ0) is 16.5. The van der Waals surface area contributed by atoms with Gasteiger partial charge in [0.05, 0.1) is 19.8 Å². The van der Waals surface area contributed by atoms with Crippen LogP contribution in [0.1, 0.15) is 15.9 Å². The molecule has 0 bridgehead atoms. The van der Waals surface area contributed by atoms with Crippen molar-refractivity contribution in [3.63, 3.8) is 0 Å². The monoisotopic (exact) mass is 304 g/mol. The molecule has 0 aliphatic carbocycles. The third kappa shape index (κ3) is 4.06. The first kappa shape index (κ1) is 17.2. The maximum atomic E-state index is 12.8. The van der Waals surface area contributed by atoms with Crippen LogP contribution in [0.2, 0.25) is 0 Å². The fraction of sp³-hybridized carbons (Fsp3) is 0.118. The van der Waals surface area contributed by atoms with E-state index >= 15 is 0 Å². The van der Waals surface area contributed by atoms with Gasteiger partial charge in [-0.15, -0.1) is 6.42 Å². The Kier molecular flexibility index (Phi) is 6.58. The highest BCUT2D eigenvalue weighted by atomic mass is 19.1. The predicted octanol–water partition coefficient (Wildman–Crippen LogP) is 3.46. The Balaban J connectivity index is 0.000000220. The van der Waals surface area contributed by atoms with Crippen molar-refractivity contribution in [2.45, 2.75) is 0 Å². The molecule has 0 spiro atoms. The second-order valence-corrected chi connectivity index (χ2v) is 3.94. The van der Waals surface area contributed by atoms with Gasteiger partial charge in [0.2, 0.25) is 0 Å². The molecule has 0 saturated carbocycles. The number of halogens is 2. The smallest absolute Gasteiger partial charge is 0.156 e. The van der Waals surface area contributed by atoms with Crippen LogP contribution in [0.5, 0.6) is 11.5 Å². The number of aldehydes is 1. The molecule has 0 radical (unpaired) electrons. The summed E-state index contributed by atoms with van der Waals surface area (Å²) in [5.74, 6) is 1.89. The number of carbonyl (C=O) groups excluding carboxylic acids is 1. The lowest BCUT2D eigenvalue weighted by atomic mass is 10.2. The van der Waals surface area contributed by atoms with Gasteiger partial charge in [-0.2, -0.15) is 0 Å². The Labute approximate surface area is 127 Å². The Morgan fingerprint density at radius 3 is 1.95 bits per heavy atom. The summed E-state index contributed by atoms with van der Waals surface area (Å²) in [4.78, 5) is 10.3. The average molecular weight is 304 g/mol. The van der Waals surface area contributed by atoms with Crippen molar-refractivity contribution >= 4 is 6.29 Å². The van der Waals surface area contributed by atoms with Crippen LogP contribution in [0.3, 0.4) is 0 Å². The van der Waals surface area contributed by atoms with Gasteiger partial charge >= 0.3 is 0 Å². The van der Waals surface area contributed by atoms with Gasteiger partial charge in [0, 0.05) is 0 Å². The van der Waals surface area contributed by atoms with Gasteiger partial charge in [-0.05, 0) is 24.3 Å². The van der Waals surface area contributed by atoms with Crippen molar-refractivity contribution in [1.29, 1.82) is 0 Å². The number of rotatable bonds is 3. The van der Waals surface area contributed by atoms with E-state index in [2.05, 4.69) is 5.92 Å². The fourth-order valence-electron chi connectivity index (χ4n) is 1.62. The van der Waals surface area contributed by atoms with Gasteiger partial charge in [-0.3, -0.25) is 4.79 Å². The molecule has 5 heteroatoms. The summed E-state index contributed by atoms with van der Waals surface area (Å²) in [6.07, 6.45) is 5.50. The molecule has 0 heterocycles. The molecular weight excluding hydrogens is 290 g/mol. The molecule has 0 aliphatic rings. The molecule has 0 saturated heterocycles. The molecule has 0 fully saturated rings. The van der Waals surface area contributed by atoms with E-state index in [-0.39, 0.29) is 16.9 Å². The van der Waals surface area contributed by atoms with Crippen molar-refractivity contribution in [1.82, 2.24) is 0 Å². The number of terminal acetylenes is 1. The first-order valence-corrected chi connectivity index (χ1v) is 6.15. The summed E-state index contributed by atoms with van der Waals surface area (Å²) in [6.45, 7) is 0. The van der Waals surface area contributed by atoms with Crippen molar-refractivity contribution in [2.75, 3.05) is 14.2 Å². The highest BCUT2D eigenvalue weighted by Gasteiger charge is 2.06. The molecule has 0 atom stereocenters. The summed E-state index contributed by atoms with van der Waals surface area (Å²) in [5.41, 5.74) is 0.144. The maximum absolute atomic E-state index is 12.8. The van der Waals surface area contributed by atoms with Crippen LogP contribution in [-0.2, 0) is 0 Å². The van der Waals surface area contributed by atoms with E-state index in [9.17, 15) is 13.6 Å². The number of hydrogen-bond acceptors (Lipinski definition) is 3. The first-order chi connectivity index (χ1) is 10.6. The van der Waals surface area contributed by atoms with Gasteiger partial charge in [-0.25, -0.2) is 8.78 Å². The minimum absolute atomic E-state index is 0.0324. The largest absolute Gasteiger partial charge is 0.496 e. The quantitative estimate of drug-likeness (QED) is 0.643. The Bertz CT molecular complexity index is 691. The van der Waals surface area contributed by atoms with Gasteiger partial charge in [0.15, 0.2) is 6.29 Å². The topological polar surface area (TPSA) is 35.5 Å². The second-order valence-electron chi connectivity index (χ2n) is 3.94. The Morgan fingerprint density at radius 2 is 1.55 bits per heavy atom. The van der Waals surface area contributed by atoms with E-state index in [4.69, 9.17) is 15.9 Å². The third-order valence-electron chi connectivity index (χ3n) is 2.69. The lowest BCUT2D eigenvalue weighted by Gasteiger charge is -2.02. The van der Waals surface area contributed by atoms with Crippen LogP contribution in [0.15, 0.2) is 36.4 Å². The molecule has 0 aliphatic heterocycles. The van der Waals surface area contributed by atoms with Crippen molar-refractivity contribution in [3.05, 3.63) is 59.2 Å². The van der Waals surface area contributed by atoms with Gasteiger partial charge in [-0.1, -0.05) is 18.1 Å². The van der Waals surface area contributed by atoms with E-state index in [0.717, 1.165) is 0 Å². The highest BCUT2D eigenvalue weighted by molar-refractivity contribution is 5.79. The molecule has 114 valence electrons. The molecule has 2 aromatic carbocycles. The lowest BCUT2D eigenvalue weighted by Crippen LogP contribution is -1.93. The number of methoxy groups -OCH3 is 2. The number of carbonyl (C=O) groups is 1. The lowest BCUT2D eigenvalue weighted by molar-refractivity contribution is 0.111. The van der Waals surface area contributed by atoms with Crippen LogP contribution in [0.4, 0.5) is 8.78 Å². The summed E-state index contributed by atoms with van der Waals surface area (Å²) < 4.78 is 35.1. The zero-order valence-electron chi connectivity index (χ0n) is 12.1. The molecule has 0 N–H and O–H groups in total. The molecule has 2 rings (SSSR count).